The number of hydrogen-bond acceptors (Lipinski definition) is 5. The lowest BCUT2D eigenvalue weighted by atomic mass is 10.0. The predicted molar refractivity (Wildman–Crippen MR) is 120 cm³/mol. The van der Waals surface area contributed by atoms with E-state index in [0.29, 0.717) is 16.9 Å². The van der Waals surface area contributed by atoms with Crippen LogP contribution in [-0.4, -0.2) is 25.0 Å². The van der Waals surface area contributed by atoms with Gasteiger partial charge in [-0.3, -0.25) is 9.59 Å². The fourth-order valence-corrected chi connectivity index (χ4v) is 3.37. The van der Waals surface area contributed by atoms with Gasteiger partial charge < -0.3 is 14.4 Å². The van der Waals surface area contributed by atoms with Crippen LogP contribution in [0.3, 0.4) is 0 Å². The van der Waals surface area contributed by atoms with Gasteiger partial charge in [-0.05, 0) is 48.7 Å². The van der Waals surface area contributed by atoms with E-state index in [2.05, 4.69) is 23.6 Å². The Morgan fingerprint density at radius 3 is 2.29 bits per heavy atom. The molecule has 158 valence electrons. The number of nitrogens with zero attached hydrogens (tertiary/aromatic N) is 2. The van der Waals surface area contributed by atoms with Crippen molar-refractivity contribution in [3.8, 4) is 0 Å². The highest BCUT2D eigenvalue weighted by atomic mass is 16.5. The number of allylic oxidation sites excluding steroid dienone is 1. The molecule has 1 aliphatic heterocycles. The van der Waals surface area contributed by atoms with E-state index in [0.717, 1.165) is 29.9 Å². The summed E-state index contributed by atoms with van der Waals surface area (Å²) in [6.07, 6.45) is 1.77. The summed E-state index contributed by atoms with van der Waals surface area (Å²) < 4.78 is 10.4. The van der Waals surface area contributed by atoms with Crippen molar-refractivity contribution in [1.82, 2.24) is 0 Å². The van der Waals surface area contributed by atoms with E-state index in [-0.39, 0.29) is 18.3 Å². The lowest BCUT2D eigenvalue weighted by Gasteiger charge is -2.20. The summed E-state index contributed by atoms with van der Waals surface area (Å²) in [5, 5.41) is 0. The molecule has 0 aliphatic carbocycles. The third-order valence-corrected chi connectivity index (χ3v) is 5.00. The van der Waals surface area contributed by atoms with Gasteiger partial charge in [0.2, 0.25) is 0 Å². The molecule has 31 heavy (non-hydrogen) atoms. The van der Waals surface area contributed by atoms with E-state index in [1.807, 2.05) is 24.3 Å². The standard InChI is InChI=1S/C25H24N2O4/c1-5-27(6-2)21-13-9-18(10-14-21)15-22-23(24(26-4)25(29)31-22)20-11-7-19(8-12-20)16-30-17(3)28/h7-15H,5-6,16H2,1-3H3. The van der Waals surface area contributed by atoms with Gasteiger partial charge in [0.05, 0.1) is 6.57 Å². The molecule has 2 aromatic carbocycles. The van der Waals surface area contributed by atoms with E-state index in [1.165, 1.54) is 6.92 Å². The molecule has 0 saturated heterocycles. The van der Waals surface area contributed by atoms with Gasteiger partial charge in [0.25, 0.3) is 5.70 Å². The molecule has 6 nitrogen and oxygen atoms in total. The largest absolute Gasteiger partial charge is 0.461 e. The zero-order valence-electron chi connectivity index (χ0n) is 17.8. The van der Waals surface area contributed by atoms with Crippen LogP contribution in [0, 0.1) is 6.57 Å². The van der Waals surface area contributed by atoms with Gasteiger partial charge >= 0.3 is 11.9 Å². The average molecular weight is 416 g/mol. The van der Waals surface area contributed by atoms with E-state index in [4.69, 9.17) is 16.0 Å². The predicted octanol–water partition coefficient (Wildman–Crippen LogP) is 4.82. The fourth-order valence-electron chi connectivity index (χ4n) is 3.37. The first-order valence-corrected chi connectivity index (χ1v) is 10.1. The van der Waals surface area contributed by atoms with Crippen LogP contribution >= 0.6 is 0 Å². The van der Waals surface area contributed by atoms with Crippen molar-refractivity contribution in [2.75, 3.05) is 18.0 Å². The highest BCUT2D eigenvalue weighted by molar-refractivity contribution is 6.09. The number of ether oxygens (including phenoxy) is 2. The van der Waals surface area contributed by atoms with Crippen molar-refractivity contribution in [2.45, 2.75) is 27.4 Å². The van der Waals surface area contributed by atoms with E-state index in [1.54, 1.807) is 30.3 Å². The smallest absolute Gasteiger partial charge is 0.342 e. The molecule has 0 unspecified atom stereocenters. The molecular formula is C25H24N2O4. The van der Waals surface area contributed by atoms with Crippen LogP contribution in [0.5, 0.6) is 0 Å². The topological polar surface area (TPSA) is 60.2 Å². The first-order chi connectivity index (χ1) is 15.0. The van der Waals surface area contributed by atoms with E-state index >= 15 is 0 Å². The number of carbonyl (C=O) groups excluding carboxylic acids is 2. The van der Waals surface area contributed by atoms with Crippen LogP contribution in [0.25, 0.3) is 16.5 Å². The molecule has 1 aliphatic rings. The van der Waals surface area contributed by atoms with Crippen molar-refractivity contribution in [3.63, 3.8) is 0 Å². The third-order valence-electron chi connectivity index (χ3n) is 5.00. The third kappa shape index (κ3) is 5.01. The van der Waals surface area contributed by atoms with E-state index in [9.17, 15) is 9.59 Å². The van der Waals surface area contributed by atoms with Crippen molar-refractivity contribution in [2.24, 2.45) is 0 Å². The summed E-state index contributed by atoms with van der Waals surface area (Å²) in [4.78, 5) is 28.9. The Morgan fingerprint density at radius 2 is 1.74 bits per heavy atom. The summed E-state index contributed by atoms with van der Waals surface area (Å²) >= 11 is 0. The second kappa shape index (κ2) is 9.77. The van der Waals surface area contributed by atoms with Crippen molar-refractivity contribution >= 4 is 29.3 Å². The molecule has 0 bridgehead atoms. The summed E-state index contributed by atoms with van der Waals surface area (Å²) in [7, 11) is 0. The van der Waals surface area contributed by atoms with Crippen LogP contribution in [0.4, 0.5) is 5.69 Å². The van der Waals surface area contributed by atoms with Gasteiger partial charge in [0.1, 0.15) is 12.4 Å². The normalized spacial score (nSPS) is 14.4. The summed E-state index contributed by atoms with van der Waals surface area (Å²) in [5.74, 6) is -0.659. The molecule has 0 spiro atoms. The molecule has 3 rings (SSSR count). The molecule has 0 aromatic heterocycles. The molecule has 0 saturated carbocycles. The lowest BCUT2D eigenvalue weighted by Crippen LogP contribution is -2.21. The SMILES string of the molecule is [C-]#[N+]C1=C(c2ccc(COC(C)=O)cc2)C(=Cc2ccc(N(CC)CC)cc2)OC1=O. The molecule has 0 radical (unpaired) electrons. The maximum absolute atomic E-state index is 12.3. The Balaban J connectivity index is 1.92. The highest BCUT2D eigenvalue weighted by Gasteiger charge is 2.31. The summed E-state index contributed by atoms with van der Waals surface area (Å²) in [5.41, 5.74) is 3.91. The number of hydrogen-bond donors (Lipinski definition) is 0. The monoisotopic (exact) mass is 416 g/mol. The number of carbonyl (C=O) groups is 2. The highest BCUT2D eigenvalue weighted by Crippen LogP contribution is 2.36. The number of rotatable bonds is 7. The number of cyclic esters (lactones) is 1. The molecule has 2 aromatic rings. The molecule has 0 N–H and O–H groups in total. The van der Waals surface area contributed by atoms with Crippen LogP contribution in [0.15, 0.2) is 60.0 Å². The minimum Gasteiger partial charge on any atom is -0.461 e. The first-order valence-electron chi connectivity index (χ1n) is 10.1. The van der Waals surface area contributed by atoms with Gasteiger partial charge in [-0.2, -0.15) is 0 Å². The lowest BCUT2D eigenvalue weighted by molar-refractivity contribution is -0.142. The van der Waals surface area contributed by atoms with Crippen LogP contribution in [0.2, 0.25) is 0 Å². The summed E-state index contributed by atoms with van der Waals surface area (Å²) in [6.45, 7) is 15.0. The zero-order chi connectivity index (χ0) is 22.4. The molecule has 0 atom stereocenters. The summed E-state index contributed by atoms with van der Waals surface area (Å²) in [6, 6.07) is 15.2. The Kier molecular flexibility index (Phi) is 6.88. The molecule has 0 fully saturated rings. The molecule has 1 heterocycles. The minimum atomic E-state index is -0.653. The number of benzene rings is 2. The fraction of sp³-hybridized carbons (Fsp3) is 0.240. The molecular weight excluding hydrogens is 392 g/mol. The second-order valence-electron chi connectivity index (χ2n) is 6.97. The van der Waals surface area contributed by atoms with Crippen molar-refractivity contribution in [1.29, 1.82) is 0 Å². The maximum atomic E-state index is 12.3. The molecule has 0 amide bonds. The van der Waals surface area contributed by atoms with Crippen LogP contribution in [0.1, 0.15) is 37.5 Å². The van der Waals surface area contributed by atoms with Gasteiger partial charge in [0.15, 0.2) is 0 Å². The number of anilines is 1. The zero-order valence-corrected chi connectivity index (χ0v) is 17.8. The Bertz CT molecular complexity index is 1070. The Morgan fingerprint density at radius 1 is 1.10 bits per heavy atom. The maximum Gasteiger partial charge on any atom is 0.342 e. The van der Waals surface area contributed by atoms with Gasteiger partial charge in [-0.25, -0.2) is 4.85 Å². The Hall–Kier alpha value is -3.85. The second-order valence-corrected chi connectivity index (χ2v) is 6.97. The van der Waals surface area contributed by atoms with Crippen LogP contribution in [-0.2, 0) is 25.7 Å². The number of esters is 2. The quantitative estimate of drug-likeness (QED) is 0.478. The van der Waals surface area contributed by atoms with Gasteiger partial charge in [-0.15, -0.1) is 0 Å². The first kappa shape index (κ1) is 21.8. The van der Waals surface area contributed by atoms with E-state index < -0.39 is 5.97 Å². The Labute approximate surface area is 182 Å². The molecule has 6 heteroatoms. The van der Waals surface area contributed by atoms with Crippen molar-refractivity contribution in [3.05, 3.63) is 88.1 Å². The van der Waals surface area contributed by atoms with Crippen molar-refractivity contribution < 1.29 is 19.1 Å². The minimum absolute atomic E-state index is 0.0428. The average Bonchev–Trinajstić information content (AvgIpc) is 3.09. The van der Waals surface area contributed by atoms with Gasteiger partial charge in [0, 0.05) is 31.3 Å². The van der Waals surface area contributed by atoms with Gasteiger partial charge in [-0.1, -0.05) is 36.4 Å². The van der Waals surface area contributed by atoms with Crippen LogP contribution < -0.4 is 4.90 Å².